The number of hydrogen-bond acceptors (Lipinski definition) is 4. The lowest BCUT2D eigenvalue weighted by atomic mass is 10.4. The second kappa shape index (κ2) is 3.01. The Labute approximate surface area is 84.0 Å². The van der Waals surface area contributed by atoms with Gasteiger partial charge in [0, 0.05) is 19.3 Å². The first kappa shape index (κ1) is 8.52. The van der Waals surface area contributed by atoms with Crippen LogP contribution in [0.1, 0.15) is 0 Å². The standard InChI is InChI=1S/C7H7ClN4S/c1-12-6(9)2-4(11-12)5-3-10-7(8)13-5/h2-3H,9H2,1H3. The lowest BCUT2D eigenvalue weighted by Crippen LogP contribution is -1.96. The van der Waals surface area contributed by atoms with Crippen LogP contribution in [0.15, 0.2) is 12.3 Å². The first-order chi connectivity index (χ1) is 6.16. The highest BCUT2D eigenvalue weighted by molar-refractivity contribution is 7.18. The van der Waals surface area contributed by atoms with Gasteiger partial charge in [0.05, 0.1) is 4.88 Å². The van der Waals surface area contributed by atoms with E-state index < -0.39 is 0 Å². The lowest BCUT2D eigenvalue weighted by molar-refractivity contribution is 0.783. The summed E-state index contributed by atoms with van der Waals surface area (Å²) < 4.78 is 2.13. The molecule has 0 aromatic carbocycles. The van der Waals surface area contributed by atoms with Crippen LogP contribution in [0, 0.1) is 0 Å². The van der Waals surface area contributed by atoms with Gasteiger partial charge in [-0.2, -0.15) is 5.10 Å². The average molecular weight is 215 g/mol. The Morgan fingerprint density at radius 3 is 2.85 bits per heavy atom. The van der Waals surface area contributed by atoms with Crippen LogP contribution in [-0.2, 0) is 7.05 Å². The van der Waals surface area contributed by atoms with Crippen molar-refractivity contribution in [3.63, 3.8) is 0 Å². The molecule has 6 heteroatoms. The molecule has 0 spiro atoms. The SMILES string of the molecule is Cn1nc(-c2cnc(Cl)s2)cc1N. The molecule has 4 nitrogen and oxygen atoms in total. The van der Waals surface area contributed by atoms with Gasteiger partial charge in [-0.25, -0.2) is 4.98 Å². The van der Waals surface area contributed by atoms with Crippen LogP contribution in [0.2, 0.25) is 4.47 Å². The van der Waals surface area contributed by atoms with Gasteiger partial charge in [0.25, 0.3) is 0 Å². The minimum Gasteiger partial charge on any atom is -0.384 e. The third-order valence-electron chi connectivity index (χ3n) is 1.65. The Kier molecular flexibility index (Phi) is 1.97. The maximum absolute atomic E-state index is 5.70. The molecule has 2 aromatic heterocycles. The molecule has 0 bridgehead atoms. The molecule has 0 unspecified atom stereocenters. The van der Waals surface area contributed by atoms with Crippen molar-refractivity contribution in [2.24, 2.45) is 7.05 Å². The van der Waals surface area contributed by atoms with Crippen LogP contribution in [0.25, 0.3) is 10.6 Å². The van der Waals surface area contributed by atoms with E-state index in [0.29, 0.717) is 10.3 Å². The van der Waals surface area contributed by atoms with Crippen LogP contribution in [0.4, 0.5) is 5.82 Å². The minimum absolute atomic E-state index is 0.513. The van der Waals surface area contributed by atoms with Gasteiger partial charge in [-0.1, -0.05) is 11.6 Å². The van der Waals surface area contributed by atoms with Gasteiger partial charge in [-0.05, 0) is 0 Å². The molecule has 2 aromatic rings. The van der Waals surface area contributed by atoms with Gasteiger partial charge in [0.2, 0.25) is 0 Å². The molecule has 2 N–H and O–H groups in total. The van der Waals surface area contributed by atoms with Crippen molar-refractivity contribution in [3.05, 3.63) is 16.7 Å². The average Bonchev–Trinajstić information content (AvgIpc) is 2.61. The van der Waals surface area contributed by atoms with E-state index in [9.17, 15) is 0 Å². The van der Waals surface area contributed by atoms with E-state index in [1.165, 1.54) is 11.3 Å². The van der Waals surface area contributed by atoms with Crippen LogP contribution in [0.5, 0.6) is 0 Å². The van der Waals surface area contributed by atoms with Gasteiger partial charge < -0.3 is 5.73 Å². The molecule has 0 saturated carbocycles. The number of nitrogens with zero attached hydrogens (tertiary/aromatic N) is 3. The molecular weight excluding hydrogens is 208 g/mol. The van der Waals surface area contributed by atoms with Crippen molar-refractivity contribution in [1.29, 1.82) is 0 Å². The predicted molar refractivity (Wildman–Crippen MR) is 53.7 cm³/mol. The summed E-state index contributed by atoms with van der Waals surface area (Å²) >= 11 is 7.08. The van der Waals surface area contributed by atoms with E-state index in [0.717, 1.165) is 10.6 Å². The summed E-state index contributed by atoms with van der Waals surface area (Å²) in [6.07, 6.45) is 1.69. The number of halogens is 1. The van der Waals surface area contributed by atoms with Gasteiger partial charge in [-0.3, -0.25) is 4.68 Å². The summed E-state index contributed by atoms with van der Waals surface area (Å²) in [4.78, 5) is 4.85. The predicted octanol–water partition coefficient (Wildman–Crippen LogP) is 1.78. The molecule has 0 radical (unpaired) electrons. The Morgan fingerprint density at radius 1 is 1.62 bits per heavy atom. The smallest absolute Gasteiger partial charge is 0.184 e. The maximum Gasteiger partial charge on any atom is 0.184 e. The number of nitrogen functional groups attached to an aromatic ring is 1. The Bertz CT molecular complexity index is 414. The van der Waals surface area contributed by atoms with E-state index in [1.807, 2.05) is 0 Å². The highest BCUT2D eigenvalue weighted by Gasteiger charge is 2.07. The normalized spacial score (nSPS) is 10.6. The van der Waals surface area contributed by atoms with E-state index in [-0.39, 0.29) is 0 Å². The summed E-state index contributed by atoms with van der Waals surface area (Å²) in [5.74, 6) is 0.625. The number of hydrogen-bond donors (Lipinski definition) is 1. The molecule has 0 aliphatic carbocycles. The van der Waals surface area contributed by atoms with Crippen LogP contribution >= 0.6 is 22.9 Å². The highest BCUT2D eigenvalue weighted by atomic mass is 35.5. The number of thiazole rings is 1. The Hall–Kier alpha value is -1.07. The summed E-state index contributed by atoms with van der Waals surface area (Å²) in [5.41, 5.74) is 6.45. The Morgan fingerprint density at radius 2 is 2.38 bits per heavy atom. The summed E-state index contributed by atoms with van der Waals surface area (Å²) in [7, 11) is 1.79. The minimum atomic E-state index is 0.513. The molecule has 0 fully saturated rings. The molecular formula is C7H7ClN4S. The van der Waals surface area contributed by atoms with Crippen LogP contribution in [-0.4, -0.2) is 14.8 Å². The maximum atomic E-state index is 5.70. The molecule has 68 valence electrons. The first-order valence-corrected chi connectivity index (χ1v) is 4.77. The van der Waals surface area contributed by atoms with Crippen molar-refractivity contribution >= 4 is 28.8 Å². The van der Waals surface area contributed by atoms with E-state index in [1.54, 1.807) is 24.0 Å². The monoisotopic (exact) mass is 214 g/mol. The topological polar surface area (TPSA) is 56.7 Å². The number of rotatable bonds is 1. The fourth-order valence-corrected chi connectivity index (χ4v) is 1.87. The molecule has 0 aliphatic heterocycles. The molecule has 0 amide bonds. The van der Waals surface area contributed by atoms with Gasteiger partial charge in [0.15, 0.2) is 4.47 Å². The van der Waals surface area contributed by atoms with Crippen molar-refractivity contribution in [2.45, 2.75) is 0 Å². The number of aromatic nitrogens is 3. The largest absolute Gasteiger partial charge is 0.384 e. The van der Waals surface area contributed by atoms with Crippen molar-refractivity contribution < 1.29 is 0 Å². The number of anilines is 1. The van der Waals surface area contributed by atoms with Crippen molar-refractivity contribution in [2.75, 3.05) is 5.73 Å². The molecule has 13 heavy (non-hydrogen) atoms. The highest BCUT2D eigenvalue weighted by Crippen LogP contribution is 2.28. The van der Waals surface area contributed by atoms with Crippen molar-refractivity contribution in [3.8, 4) is 10.6 Å². The summed E-state index contributed by atoms with van der Waals surface area (Å²) in [6, 6.07) is 1.80. The van der Waals surface area contributed by atoms with E-state index in [2.05, 4.69) is 10.1 Å². The van der Waals surface area contributed by atoms with Crippen LogP contribution in [0.3, 0.4) is 0 Å². The van der Waals surface area contributed by atoms with E-state index >= 15 is 0 Å². The number of nitrogens with two attached hydrogens (primary N) is 1. The van der Waals surface area contributed by atoms with Crippen molar-refractivity contribution in [1.82, 2.24) is 14.8 Å². The zero-order valence-electron chi connectivity index (χ0n) is 6.86. The third kappa shape index (κ3) is 1.52. The second-order valence-electron chi connectivity index (χ2n) is 2.56. The molecule has 2 rings (SSSR count). The molecule has 2 heterocycles. The zero-order valence-corrected chi connectivity index (χ0v) is 8.43. The van der Waals surface area contributed by atoms with E-state index in [4.69, 9.17) is 17.3 Å². The van der Waals surface area contributed by atoms with Gasteiger partial charge in [0.1, 0.15) is 11.5 Å². The van der Waals surface area contributed by atoms with Crippen LogP contribution < -0.4 is 5.73 Å². The quantitative estimate of drug-likeness (QED) is 0.787. The number of aryl methyl sites for hydroxylation is 1. The molecule has 0 aliphatic rings. The Balaban J connectivity index is 2.46. The van der Waals surface area contributed by atoms with Gasteiger partial charge >= 0.3 is 0 Å². The summed E-state index contributed by atoms with van der Waals surface area (Å²) in [6.45, 7) is 0. The fourth-order valence-electron chi connectivity index (χ4n) is 0.973. The fraction of sp³-hybridized carbons (Fsp3) is 0.143. The summed E-state index contributed by atoms with van der Waals surface area (Å²) in [5, 5.41) is 4.20. The molecule has 0 atom stereocenters. The third-order valence-corrected chi connectivity index (χ3v) is 2.78. The van der Waals surface area contributed by atoms with Gasteiger partial charge in [-0.15, -0.1) is 11.3 Å². The lowest BCUT2D eigenvalue weighted by Gasteiger charge is -1.88. The zero-order chi connectivity index (χ0) is 9.42. The first-order valence-electron chi connectivity index (χ1n) is 3.58. The second-order valence-corrected chi connectivity index (χ2v) is 4.17. The molecule has 0 saturated heterocycles.